The summed E-state index contributed by atoms with van der Waals surface area (Å²) in [5, 5.41) is 0. The van der Waals surface area contributed by atoms with E-state index in [1.807, 2.05) is 10.6 Å². The van der Waals surface area contributed by atoms with E-state index in [0.29, 0.717) is 16.9 Å². The Morgan fingerprint density at radius 3 is 3.05 bits per heavy atom. The van der Waals surface area contributed by atoms with Gasteiger partial charge < -0.3 is 19.0 Å². The summed E-state index contributed by atoms with van der Waals surface area (Å²) in [7, 11) is 1.37. The maximum absolute atomic E-state index is 11.6. The number of esters is 1. The number of aromatic amines is 1. The van der Waals surface area contributed by atoms with Crippen LogP contribution in [0, 0.1) is 4.77 Å². The van der Waals surface area contributed by atoms with Crippen LogP contribution in [0.15, 0.2) is 18.2 Å². The molecule has 1 aromatic carbocycles. The summed E-state index contributed by atoms with van der Waals surface area (Å²) in [6.07, 6.45) is 1.26. The maximum Gasteiger partial charge on any atom is 0.337 e. The maximum atomic E-state index is 11.6. The Bertz CT molecular complexity index is 685. The second kappa shape index (κ2) is 4.79. The van der Waals surface area contributed by atoms with Gasteiger partial charge in [0.05, 0.1) is 36.4 Å². The lowest BCUT2D eigenvalue weighted by atomic mass is 10.1. The van der Waals surface area contributed by atoms with E-state index >= 15 is 0 Å². The molecular weight excluding hydrogens is 264 g/mol. The molecule has 0 spiro atoms. The van der Waals surface area contributed by atoms with Crippen molar-refractivity contribution < 1.29 is 14.3 Å². The second-order valence-electron chi connectivity index (χ2n) is 4.55. The first kappa shape index (κ1) is 12.4. The van der Waals surface area contributed by atoms with Crippen LogP contribution in [0.4, 0.5) is 0 Å². The standard InChI is InChI=1S/C13H14N2O3S/c1-17-12(16)8-2-3-10-11(6-8)15(13(19)14-10)7-9-4-5-18-9/h2-3,6,9H,4-5,7H2,1H3,(H,14,19). The van der Waals surface area contributed by atoms with Gasteiger partial charge in [0.25, 0.3) is 0 Å². The molecule has 0 radical (unpaired) electrons. The van der Waals surface area contributed by atoms with E-state index in [4.69, 9.17) is 21.7 Å². The number of nitrogens with zero attached hydrogens (tertiary/aromatic N) is 1. The Morgan fingerprint density at radius 2 is 2.42 bits per heavy atom. The van der Waals surface area contributed by atoms with Gasteiger partial charge in [0.1, 0.15) is 0 Å². The number of benzene rings is 1. The Morgan fingerprint density at radius 1 is 1.63 bits per heavy atom. The molecule has 0 bridgehead atoms. The highest BCUT2D eigenvalue weighted by atomic mass is 32.1. The van der Waals surface area contributed by atoms with Crippen molar-refractivity contribution in [2.45, 2.75) is 19.1 Å². The Kier molecular flexibility index (Phi) is 3.12. The zero-order chi connectivity index (χ0) is 13.4. The highest BCUT2D eigenvalue weighted by Crippen LogP contribution is 2.20. The lowest BCUT2D eigenvalue weighted by Crippen LogP contribution is -2.31. The summed E-state index contributed by atoms with van der Waals surface area (Å²) in [5.74, 6) is -0.347. The molecule has 1 saturated heterocycles. The fourth-order valence-electron chi connectivity index (χ4n) is 2.21. The van der Waals surface area contributed by atoms with E-state index in [-0.39, 0.29) is 12.1 Å². The Hall–Kier alpha value is -1.66. The zero-order valence-corrected chi connectivity index (χ0v) is 11.3. The topological polar surface area (TPSA) is 56.2 Å². The van der Waals surface area contributed by atoms with Crippen molar-refractivity contribution in [3.8, 4) is 0 Å². The van der Waals surface area contributed by atoms with Gasteiger partial charge in [0, 0.05) is 6.61 Å². The quantitative estimate of drug-likeness (QED) is 0.691. The molecule has 1 aromatic heterocycles. The fourth-order valence-corrected chi connectivity index (χ4v) is 2.49. The van der Waals surface area contributed by atoms with Gasteiger partial charge in [-0.2, -0.15) is 0 Å². The van der Waals surface area contributed by atoms with Crippen LogP contribution in [-0.2, 0) is 16.0 Å². The monoisotopic (exact) mass is 278 g/mol. The van der Waals surface area contributed by atoms with Gasteiger partial charge in [-0.25, -0.2) is 4.79 Å². The number of nitrogens with one attached hydrogen (secondary N) is 1. The molecule has 100 valence electrons. The lowest BCUT2D eigenvalue weighted by Gasteiger charge is -2.26. The van der Waals surface area contributed by atoms with Gasteiger partial charge in [-0.05, 0) is 36.8 Å². The van der Waals surface area contributed by atoms with E-state index in [9.17, 15) is 4.79 Å². The van der Waals surface area contributed by atoms with E-state index in [0.717, 1.165) is 24.1 Å². The predicted octanol–water partition coefficient (Wildman–Crippen LogP) is 2.27. The Labute approximate surface area is 115 Å². The number of H-pyrrole nitrogens is 1. The fraction of sp³-hybridized carbons (Fsp3) is 0.385. The lowest BCUT2D eigenvalue weighted by molar-refractivity contribution is -0.0588. The minimum Gasteiger partial charge on any atom is -0.465 e. The van der Waals surface area contributed by atoms with Crippen molar-refractivity contribution >= 4 is 29.2 Å². The van der Waals surface area contributed by atoms with Gasteiger partial charge in [-0.1, -0.05) is 0 Å². The molecule has 2 aromatic rings. The number of imidazole rings is 1. The molecule has 0 aliphatic carbocycles. The van der Waals surface area contributed by atoms with E-state index < -0.39 is 0 Å². The minimum atomic E-state index is -0.347. The average Bonchev–Trinajstić information content (AvgIpc) is 2.67. The molecular formula is C13H14N2O3S. The summed E-state index contributed by atoms with van der Waals surface area (Å²) in [6.45, 7) is 1.53. The molecule has 1 atom stereocenters. The molecule has 0 amide bonds. The molecule has 5 nitrogen and oxygen atoms in total. The first-order valence-electron chi connectivity index (χ1n) is 6.11. The van der Waals surface area contributed by atoms with Crippen molar-refractivity contribution in [3.63, 3.8) is 0 Å². The van der Waals surface area contributed by atoms with E-state index in [2.05, 4.69) is 4.98 Å². The molecule has 1 aliphatic heterocycles. The third-order valence-corrected chi connectivity index (χ3v) is 3.70. The average molecular weight is 278 g/mol. The number of rotatable bonds is 3. The number of hydrogen-bond donors (Lipinski definition) is 1. The van der Waals surface area contributed by atoms with Gasteiger partial charge in [0.2, 0.25) is 0 Å². The largest absolute Gasteiger partial charge is 0.465 e. The predicted molar refractivity (Wildman–Crippen MR) is 72.8 cm³/mol. The van der Waals surface area contributed by atoms with Crippen LogP contribution in [-0.4, -0.2) is 35.3 Å². The van der Waals surface area contributed by atoms with Crippen LogP contribution in [0.5, 0.6) is 0 Å². The van der Waals surface area contributed by atoms with Crippen molar-refractivity contribution in [1.29, 1.82) is 0 Å². The number of ether oxygens (including phenoxy) is 2. The third-order valence-electron chi connectivity index (χ3n) is 3.38. The molecule has 19 heavy (non-hydrogen) atoms. The SMILES string of the molecule is COC(=O)c1ccc2[nH]c(=S)n(CC3CCO3)c2c1. The molecule has 1 aliphatic rings. The number of carbonyl (C=O) groups excluding carboxylic acids is 1. The van der Waals surface area contributed by atoms with Gasteiger partial charge in [-0.15, -0.1) is 0 Å². The molecule has 1 N–H and O–H groups in total. The van der Waals surface area contributed by atoms with Crippen LogP contribution in [0.3, 0.4) is 0 Å². The third kappa shape index (κ3) is 2.17. The van der Waals surface area contributed by atoms with Crippen LogP contribution in [0.2, 0.25) is 0 Å². The molecule has 1 fully saturated rings. The Balaban J connectivity index is 2.06. The highest BCUT2D eigenvalue weighted by molar-refractivity contribution is 7.71. The molecule has 3 rings (SSSR count). The van der Waals surface area contributed by atoms with Crippen LogP contribution in [0.1, 0.15) is 16.8 Å². The summed E-state index contributed by atoms with van der Waals surface area (Å²) in [4.78, 5) is 14.7. The molecule has 2 heterocycles. The normalized spacial score (nSPS) is 18.3. The number of fused-ring (bicyclic) bond motifs is 1. The van der Waals surface area contributed by atoms with E-state index in [1.165, 1.54) is 7.11 Å². The van der Waals surface area contributed by atoms with Crippen LogP contribution < -0.4 is 0 Å². The first-order valence-corrected chi connectivity index (χ1v) is 6.52. The highest BCUT2D eigenvalue weighted by Gasteiger charge is 2.20. The molecule has 6 heteroatoms. The number of hydrogen-bond acceptors (Lipinski definition) is 4. The van der Waals surface area contributed by atoms with Gasteiger partial charge in [-0.3, -0.25) is 0 Å². The smallest absolute Gasteiger partial charge is 0.337 e. The van der Waals surface area contributed by atoms with E-state index in [1.54, 1.807) is 12.1 Å². The summed E-state index contributed by atoms with van der Waals surface area (Å²) in [5.41, 5.74) is 2.34. The number of methoxy groups -OCH3 is 1. The van der Waals surface area contributed by atoms with Crippen molar-refractivity contribution in [2.75, 3.05) is 13.7 Å². The summed E-state index contributed by atoms with van der Waals surface area (Å²) in [6, 6.07) is 5.37. The number of aromatic nitrogens is 2. The van der Waals surface area contributed by atoms with Crippen LogP contribution in [0.25, 0.3) is 11.0 Å². The first-order chi connectivity index (χ1) is 9.19. The summed E-state index contributed by atoms with van der Waals surface area (Å²) < 4.78 is 12.8. The zero-order valence-electron chi connectivity index (χ0n) is 10.5. The van der Waals surface area contributed by atoms with Crippen molar-refractivity contribution in [1.82, 2.24) is 9.55 Å². The van der Waals surface area contributed by atoms with Crippen LogP contribution >= 0.6 is 12.2 Å². The number of carbonyl (C=O) groups is 1. The van der Waals surface area contributed by atoms with Crippen molar-refractivity contribution in [2.24, 2.45) is 0 Å². The minimum absolute atomic E-state index is 0.215. The van der Waals surface area contributed by atoms with Gasteiger partial charge >= 0.3 is 5.97 Å². The van der Waals surface area contributed by atoms with Crippen molar-refractivity contribution in [3.05, 3.63) is 28.5 Å². The molecule has 1 unspecified atom stereocenters. The second-order valence-corrected chi connectivity index (χ2v) is 4.93. The summed E-state index contributed by atoms with van der Waals surface area (Å²) >= 11 is 5.32. The van der Waals surface area contributed by atoms with Gasteiger partial charge in [0.15, 0.2) is 4.77 Å². The molecule has 0 saturated carbocycles.